The number of hydrogen-bond acceptors (Lipinski definition) is 3. The lowest BCUT2D eigenvalue weighted by Gasteiger charge is -2.32. The summed E-state index contributed by atoms with van der Waals surface area (Å²) < 4.78 is 0. The molecule has 1 heterocycles. The molecule has 1 aliphatic heterocycles. The molecule has 1 aliphatic rings. The van der Waals surface area contributed by atoms with Crippen LogP contribution in [0.25, 0.3) is 0 Å². The van der Waals surface area contributed by atoms with Crippen LogP contribution in [0, 0.1) is 0 Å². The summed E-state index contributed by atoms with van der Waals surface area (Å²) in [7, 11) is 0. The lowest BCUT2D eigenvalue weighted by molar-refractivity contribution is 0.0930. The Morgan fingerprint density at radius 3 is 2.70 bits per heavy atom. The van der Waals surface area contributed by atoms with E-state index in [9.17, 15) is 4.79 Å². The van der Waals surface area contributed by atoms with E-state index in [-0.39, 0.29) is 5.91 Å². The summed E-state index contributed by atoms with van der Waals surface area (Å²) in [6.45, 7) is 5.05. The minimum absolute atomic E-state index is 0.122. The zero-order valence-corrected chi connectivity index (χ0v) is 12.6. The van der Waals surface area contributed by atoms with E-state index in [0.717, 1.165) is 13.1 Å². The highest BCUT2D eigenvalue weighted by Crippen LogP contribution is 2.16. The molecule has 0 spiro atoms. The van der Waals surface area contributed by atoms with Gasteiger partial charge in [-0.2, -0.15) is 0 Å². The molecule has 5 heteroatoms. The highest BCUT2D eigenvalue weighted by atomic mass is 35.5. The normalized spacial score (nSPS) is 17.7. The second-order valence-electron chi connectivity index (χ2n) is 5.43. The Morgan fingerprint density at radius 1 is 1.35 bits per heavy atom. The first kappa shape index (κ1) is 15.1. The quantitative estimate of drug-likeness (QED) is 0.839. The van der Waals surface area contributed by atoms with E-state index in [4.69, 9.17) is 17.3 Å². The van der Waals surface area contributed by atoms with Gasteiger partial charge in [0.05, 0.1) is 0 Å². The highest BCUT2D eigenvalue weighted by Gasteiger charge is 2.17. The molecule has 4 nitrogen and oxygen atoms in total. The van der Waals surface area contributed by atoms with Crippen molar-refractivity contribution in [1.29, 1.82) is 0 Å². The van der Waals surface area contributed by atoms with E-state index >= 15 is 0 Å². The van der Waals surface area contributed by atoms with Crippen molar-refractivity contribution in [3.63, 3.8) is 0 Å². The van der Waals surface area contributed by atoms with Crippen LogP contribution in [-0.2, 0) is 0 Å². The minimum Gasteiger partial charge on any atom is -0.399 e. The zero-order valence-electron chi connectivity index (χ0n) is 11.9. The minimum atomic E-state index is -0.122. The van der Waals surface area contributed by atoms with E-state index in [1.54, 1.807) is 18.2 Å². The number of rotatable bonds is 4. The van der Waals surface area contributed by atoms with Gasteiger partial charge in [0.25, 0.3) is 5.91 Å². The van der Waals surface area contributed by atoms with E-state index in [1.165, 1.54) is 19.3 Å². The van der Waals surface area contributed by atoms with Crippen LogP contribution >= 0.6 is 11.6 Å². The van der Waals surface area contributed by atoms with Crippen molar-refractivity contribution in [2.24, 2.45) is 0 Å². The fourth-order valence-electron chi connectivity index (χ4n) is 2.57. The van der Waals surface area contributed by atoms with Gasteiger partial charge in [0.2, 0.25) is 0 Å². The number of nitrogen functional groups attached to an aromatic ring is 1. The van der Waals surface area contributed by atoms with Gasteiger partial charge < -0.3 is 11.1 Å². The standard InChI is InChI=1S/C15H22ClN3O/c1-11(19-5-3-2-4-6-19)10-18-15(20)12-7-13(16)9-14(17)8-12/h7-9,11H,2-6,10,17H2,1H3,(H,18,20). The van der Waals surface area contributed by atoms with Gasteiger partial charge in [-0.25, -0.2) is 0 Å². The average molecular weight is 296 g/mol. The molecule has 1 atom stereocenters. The molecule has 1 saturated heterocycles. The van der Waals surface area contributed by atoms with E-state index in [0.29, 0.717) is 28.9 Å². The van der Waals surface area contributed by atoms with Gasteiger partial charge in [-0.3, -0.25) is 9.69 Å². The number of amides is 1. The molecule has 0 saturated carbocycles. The summed E-state index contributed by atoms with van der Waals surface area (Å²) in [4.78, 5) is 14.5. The smallest absolute Gasteiger partial charge is 0.251 e. The van der Waals surface area contributed by atoms with Gasteiger partial charge in [-0.05, 0) is 51.1 Å². The lowest BCUT2D eigenvalue weighted by Crippen LogP contribution is -2.44. The third kappa shape index (κ3) is 4.12. The van der Waals surface area contributed by atoms with Crippen LogP contribution in [-0.4, -0.2) is 36.5 Å². The molecule has 1 unspecified atom stereocenters. The van der Waals surface area contributed by atoms with Crippen molar-refractivity contribution in [2.45, 2.75) is 32.2 Å². The van der Waals surface area contributed by atoms with Gasteiger partial charge in [-0.15, -0.1) is 0 Å². The molecule has 0 radical (unpaired) electrons. The molecule has 1 fully saturated rings. The van der Waals surface area contributed by atoms with Crippen LogP contribution in [0.1, 0.15) is 36.5 Å². The van der Waals surface area contributed by atoms with Gasteiger partial charge in [-0.1, -0.05) is 18.0 Å². The van der Waals surface area contributed by atoms with Gasteiger partial charge in [0.1, 0.15) is 0 Å². The molecule has 1 amide bonds. The second-order valence-corrected chi connectivity index (χ2v) is 5.87. The number of piperidine rings is 1. The van der Waals surface area contributed by atoms with Crippen molar-refractivity contribution in [3.8, 4) is 0 Å². The summed E-state index contributed by atoms with van der Waals surface area (Å²) in [5, 5.41) is 3.44. The molecule has 0 bridgehead atoms. The molecule has 3 N–H and O–H groups in total. The number of nitrogens with two attached hydrogens (primary N) is 1. The molecule has 1 aromatic carbocycles. The largest absolute Gasteiger partial charge is 0.399 e. The molecule has 0 aromatic heterocycles. The predicted molar refractivity (Wildman–Crippen MR) is 83.1 cm³/mol. The summed E-state index contributed by atoms with van der Waals surface area (Å²) >= 11 is 5.91. The Labute approximate surface area is 125 Å². The monoisotopic (exact) mass is 295 g/mol. The first-order valence-corrected chi connectivity index (χ1v) is 7.52. The number of carbonyl (C=O) groups excluding carboxylic acids is 1. The maximum atomic E-state index is 12.1. The number of carbonyl (C=O) groups is 1. The summed E-state index contributed by atoms with van der Waals surface area (Å²) in [5.41, 5.74) is 6.72. The van der Waals surface area contributed by atoms with Gasteiger partial charge >= 0.3 is 0 Å². The Hall–Kier alpha value is -1.26. The first-order chi connectivity index (χ1) is 9.56. The SMILES string of the molecule is CC(CNC(=O)c1cc(N)cc(Cl)c1)N1CCCCC1. The number of benzene rings is 1. The molecule has 0 aliphatic carbocycles. The number of anilines is 1. The highest BCUT2D eigenvalue weighted by molar-refractivity contribution is 6.31. The van der Waals surface area contributed by atoms with Crippen molar-refractivity contribution >= 4 is 23.2 Å². The molecule has 1 aromatic rings. The third-order valence-electron chi connectivity index (χ3n) is 3.75. The average Bonchev–Trinajstić information content (AvgIpc) is 2.44. The van der Waals surface area contributed by atoms with E-state index in [2.05, 4.69) is 17.1 Å². The summed E-state index contributed by atoms with van der Waals surface area (Å²) in [5.74, 6) is -0.122. The summed E-state index contributed by atoms with van der Waals surface area (Å²) in [6, 6.07) is 5.27. The number of nitrogens with zero attached hydrogens (tertiary/aromatic N) is 1. The molecule has 110 valence electrons. The van der Waals surface area contributed by atoms with Crippen LogP contribution in [0.3, 0.4) is 0 Å². The van der Waals surface area contributed by atoms with E-state index < -0.39 is 0 Å². The first-order valence-electron chi connectivity index (χ1n) is 7.14. The number of nitrogens with one attached hydrogen (secondary N) is 1. The van der Waals surface area contributed by atoms with Crippen LogP contribution in [0.15, 0.2) is 18.2 Å². The Kier molecular flexibility index (Phi) is 5.26. The van der Waals surface area contributed by atoms with Crippen LogP contribution in [0.4, 0.5) is 5.69 Å². The van der Waals surface area contributed by atoms with Crippen LogP contribution < -0.4 is 11.1 Å². The number of likely N-dealkylation sites (tertiary alicyclic amines) is 1. The van der Waals surface area contributed by atoms with Crippen molar-refractivity contribution in [2.75, 3.05) is 25.4 Å². The van der Waals surface area contributed by atoms with Crippen molar-refractivity contribution < 1.29 is 4.79 Å². The van der Waals surface area contributed by atoms with Crippen molar-refractivity contribution in [3.05, 3.63) is 28.8 Å². The fourth-order valence-corrected chi connectivity index (χ4v) is 2.82. The molecular formula is C15H22ClN3O. The maximum absolute atomic E-state index is 12.1. The topological polar surface area (TPSA) is 58.4 Å². The van der Waals surface area contributed by atoms with Gasteiger partial charge in [0, 0.05) is 28.9 Å². The maximum Gasteiger partial charge on any atom is 0.251 e. The third-order valence-corrected chi connectivity index (χ3v) is 3.97. The Bertz CT molecular complexity index is 452. The Balaban J connectivity index is 1.87. The molecule has 20 heavy (non-hydrogen) atoms. The molecule has 2 rings (SSSR count). The second kappa shape index (κ2) is 6.95. The number of halogens is 1. The lowest BCUT2D eigenvalue weighted by atomic mass is 10.1. The van der Waals surface area contributed by atoms with E-state index in [1.807, 2.05) is 0 Å². The predicted octanol–water partition coefficient (Wildman–Crippen LogP) is 2.53. The Morgan fingerprint density at radius 2 is 2.05 bits per heavy atom. The van der Waals surface area contributed by atoms with Gasteiger partial charge in [0.15, 0.2) is 0 Å². The molecular weight excluding hydrogens is 274 g/mol. The van der Waals surface area contributed by atoms with Crippen LogP contribution in [0.5, 0.6) is 0 Å². The summed E-state index contributed by atoms with van der Waals surface area (Å²) in [6.07, 6.45) is 3.82. The number of hydrogen-bond donors (Lipinski definition) is 2. The van der Waals surface area contributed by atoms with Crippen molar-refractivity contribution in [1.82, 2.24) is 10.2 Å². The fraction of sp³-hybridized carbons (Fsp3) is 0.533. The van der Waals surface area contributed by atoms with Crippen LogP contribution in [0.2, 0.25) is 5.02 Å². The zero-order chi connectivity index (χ0) is 14.5.